The monoisotopic (exact) mass is 536 g/mol. The molecule has 1 amide bonds. The molecule has 0 bridgehead atoms. The Balaban J connectivity index is 1.67. The van der Waals surface area contributed by atoms with Crippen LogP contribution in [-0.2, 0) is 20.0 Å². The predicted molar refractivity (Wildman–Crippen MR) is 139 cm³/mol. The average Bonchev–Trinajstić information content (AvgIpc) is 3.59. The van der Waals surface area contributed by atoms with Gasteiger partial charge in [-0.15, -0.1) is 0 Å². The van der Waals surface area contributed by atoms with E-state index < -0.39 is 38.3 Å². The highest BCUT2D eigenvalue weighted by Gasteiger charge is 2.44. The average molecular weight is 537 g/mol. The van der Waals surface area contributed by atoms with Crippen molar-refractivity contribution < 1.29 is 26.7 Å². The van der Waals surface area contributed by atoms with Crippen molar-refractivity contribution >= 4 is 43.0 Å². The largest absolute Gasteiger partial charge is 0.395 e. The fourth-order valence-corrected chi connectivity index (χ4v) is 6.22. The Morgan fingerprint density at radius 1 is 1.06 bits per heavy atom. The first-order chi connectivity index (χ1) is 17.0. The van der Waals surface area contributed by atoms with Gasteiger partial charge in [0.2, 0.25) is 20.0 Å². The molecule has 1 aliphatic heterocycles. The van der Waals surface area contributed by atoms with Gasteiger partial charge in [0.1, 0.15) is 0 Å². The van der Waals surface area contributed by atoms with Gasteiger partial charge < -0.3 is 15.3 Å². The summed E-state index contributed by atoms with van der Waals surface area (Å²) in [5.41, 5.74) is 2.61. The van der Waals surface area contributed by atoms with E-state index in [4.69, 9.17) is 5.11 Å². The Hall–Kier alpha value is -2.67. The number of nitrogens with one attached hydrogen (secondary N) is 3. The van der Waals surface area contributed by atoms with Crippen molar-refractivity contribution in [2.75, 3.05) is 47.4 Å². The maximum absolute atomic E-state index is 13.4. The van der Waals surface area contributed by atoms with E-state index in [9.17, 15) is 21.6 Å². The molecule has 0 aromatic heterocycles. The van der Waals surface area contributed by atoms with Crippen LogP contribution < -0.4 is 19.7 Å². The summed E-state index contributed by atoms with van der Waals surface area (Å²) in [5.74, 6) is -0.856. The first-order valence-electron chi connectivity index (χ1n) is 11.8. The Bertz CT molecular complexity index is 1360. The van der Waals surface area contributed by atoms with Gasteiger partial charge >= 0.3 is 0 Å². The molecule has 4 N–H and O–H groups in total. The quantitative estimate of drug-likeness (QED) is 0.385. The van der Waals surface area contributed by atoms with Crippen LogP contribution in [0.3, 0.4) is 0 Å². The number of anilines is 3. The molecule has 2 aromatic rings. The molecular formula is C24H32N4O6S2. The standard InChI is InChI=1S/C24H32N4O6S2/c1-17-14-20(23(30)26-18-4-3-5-19(15-18)36(33,34)25-2)22(16-21(17)27-35(31,32)13-12-29)28-10-8-24(6-7-24)9-11-28/h3-5,14-16,25,27,29H,6-13H2,1-2H3,(H,26,30). The molecule has 2 aliphatic rings. The summed E-state index contributed by atoms with van der Waals surface area (Å²) < 4.78 is 53.7. The second kappa shape index (κ2) is 10.0. The molecule has 0 atom stereocenters. The van der Waals surface area contributed by atoms with Crippen LogP contribution in [0.4, 0.5) is 17.1 Å². The molecule has 2 fully saturated rings. The normalized spacial score (nSPS) is 17.1. The number of benzene rings is 2. The van der Waals surface area contributed by atoms with Crippen molar-refractivity contribution in [1.29, 1.82) is 0 Å². The zero-order chi connectivity index (χ0) is 26.1. The maximum Gasteiger partial charge on any atom is 0.257 e. The molecule has 1 aliphatic carbocycles. The SMILES string of the molecule is CNS(=O)(=O)c1cccc(NC(=O)c2cc(C)c(NS(=O)(=O)CCO)cc2N2CCC3(CC2)CC3)c1. The molecule has 12 heteroatoms. The zero-order valence-corrected chi connectivity index (χ0v) is 22.0. The van der Waals surface area contributed by atoms with Gasteiger partial charge in [-0.05, 0) is 81.0 Å². The van der Waals surface area contributed by atoms with Crippen LogP contribution in [0.25, 0.3) is 0 Å². The van der Waals surface area contributed by atoms with Crippen LogP contribution in [0.5, 0.6) is 0 Å². The number of carbonyl (C=O) groups excluding carboxylic acids is 1. The third kappa shape index (κ3) is 5.83. The van der Waals surface area contributed by atoms with E-state index in [1.165, 1.54) is 32.0 Å². The molecule has 10 nitrogen and oxygen atoms in total. The third-order valence-corrected chi connectivity index (χ3v) is 9.67. The second-order valence-electron chi connectivity index (χ2n) is 9.51. The summed E-state index contributed by atoms with van der Waals surface area (Å²) in [6, 6.07) is 9.28. The number of carbonyl (C=O) groups is 1. The van der Waals surface area contributed by atoms with E-state index in [2.05, 4.69) is 19.7 Å². The van der Waals surface area contributed by atoms with Gasteiger partial charge in [0.15, 0.2) is 0 Å². The molecule has 1 heterocycles. The molecule has 4 rings (SSSR count). The van der Waals surface area contributed by atoms with Gasteiger partial charge in [-0.25, -0.2) is 21.6 Å². The molecule has 0 radical (unpaired) electrons. The molecular weight excluding hydrogens is 504 g/mol. The molecule has 0 unspecified atom stereocenters. The number of rotatable bonds is 9. The second-order valence-corrected chi connectivity index (χ2v) is 13.2. The number of sulfonamides is 2. The van der Waals surface area contributed by atoms with Gasteiger partial charge in [-0.2, -0.15) is 0 Å². The van der Waals surface area contributed by atoms with Crippen LogP contribution in [0.1, 0.15) is 41.6 Å². The summed E-state index contributed by atoms with van der Waals surface area (Å²) in [7, 11) is -6.11. The smallest absolute Gasteiger partial charge is 0.257 e. The number of hydrogen-bond acceptors (Lipinski definition) is 7. The van der Waals surface area contributed by atoms with Gasteiger partial charge in [0, 0.05) is 18.8 Å². The van der Waals surface area contributed by atoms with Crippen molar-refractivity contribution in [2.24, 2.45) is 5.41 Å². The van der Waals surface area contributed by atoms with Gasteiger partial charge in [0.05, 0.1) is 34.2 Å². The molecule has 1 spiro atoms. The van der Waals surface area contributed by atoms with Crippen LogP contribution in [-0.4, -0.2) is 60.3 Å². The minimum atomic E-state index is -3.75. The van der Waals surface area contributed by atoms with Crippen LogP contribution in [0, 0.1) is 12.3 Å². The van der Waals surface area contributed by atoms with E-state index in [-0.39, 0.29) is 4.90 Å². The Labute approximate surface area is 212 Å². The van der Waals surface area contributed by atoms with E-state index >= 15 is 0 Å². The van der Waals surface area contributed by atoms with Crippen molar-refractivity contribution in [1.82, 2.24) is 4.72 Å². The molecule has 1 saturated carbocycles. The zero-order valence-electron chi connectivity index (χ0n) is 20.4. The Morgan fingerprint density at radius 2 is 1.75 bits per heavy atom. The minimum Gasteiger partial charge on any atom is -0.395 e. The highest BCUT2D eigenvalue weighted by Crippen LogP contribution is 2.54. The summed E-state index contributed by atoms with van der Waals surface area (Å²) in [6.45, 7) is 2.70. The number of nitrogens with zero attached hydrogens (tertiary/aromatic N) is 1. The number of piperidine rings is 1. The summed E-state index contributed by atoms with van der Waals surface area (Å²) in [5, 5.41) is 11.9. The summed E-state index contributed by atoms with van der Waals surface area (Å²) in [6.07, 6.45) is 4.47. The molecule has 2 aromatic carbocycles. The predicted octanol–water partition coefficient (Wildman–Crippen LogP) is 2.27. The number of aryl methyl sites for hydroxylation is 1. The van der Waals surface area contributed by atoms with Crippen molar-refractivity contribution in [3.63, 3.8) is 0 Å². The first-order valence-corrected chi connectivity index (χ1v) is 15.0. The van der Waals surface area contributed by atoms with Gasteiger partial charge in [-0.1, -0.05) is 6.07 Å². The van der Waals surface area contributed by atoms with Crippen LogP contribution >= 0.6 is 0 Å². The Morgan fingerprint density at radius 3 is 2.36 bits per heavy atom. The summed E-state index contributed by atoms with van der Waals surface area (Å²) in [4.78, 5) is 15.6. The highest BCUT2D eigenvalue weighted by molar-refractivity contribution is 7.92. The third-order valence-electron chi connectivity index (χ3n) is 7.01. The molecule has 196 valence electrons. The number of amides is 1. The lowest BCUT2D eigenvalue weighted by molar-refractivity contribution is 0.102. The van der Waals surface area contributed by atoms with Crippen LogP contribution in [0.15, 0.2) is 41.3 Å². The lowest BCUT2D eigenvalue weighted by Crippen LogP contribution is -2.36. The lowest BCUT2D eigenvalue weighted by atomic mass is 9.92. The van der Waals surface area contributed by atoms with Crippen molar-refractivity contribution in [3.05, 3.63) is 47.5 Å². The summed E-state index contributed by atoms with van der Waals surface area (Å²) >= 11 is 0. The fraction of sp³-hybridized carbons (Fsp3) is 0.458. The minimum absolute atomic E-state index is 0.0265. The van der Waals surface area contributed by atoms with E-state index in [1.807, 2.05) is 0 Å². The first kappa shape index (κ1) is 26.4. The highest BCUT2D eigenvalue weighted by atomic mass is 32.2. The molecule has 1 saturated heterocycles. The number of aliphatic hydroxyl groups excluding tert-OH is 1. The topological polar surface area (TPSA) is 145 Å². The lowest BCUT2D eigenvalue weighted by Gasteiger charge is -2.35. The Kier molecular flexibility index (Phi) is 7.33. The van der Waals surface area contributed by atoms with Crippen molar-refractivity contribution in [3.8, 4) is 0 Å². The van der Waals surface area contributed by atoms with E-state index in [1.54, 1.807) is 31.2 Å². The van der Waals surface area contributed by atoms with Gasteiger partial charge in [0.25, 0.3) is 5.91 Å². The van der Waals surface area contributed by atoms with Gasteiger partial charge in [-0.3, -0.25) is 9.52 Å². The maximum atomic E-state index is 13.4. The van der Waals surface area contributed by atoms with Crippen molar-refractivity contribution in [2.45, 2.75) is 37.5 Å². The fourth-order valence-electron chi connectivity index (χ4n) is 4.54. The number of hydrogen-bond donors (Lipinski definition) is 4. The molecule has 36 heavy (non-hydrogen) atoms. The van der Waals surface area contributed by atoms with E-state index in [0.717, 1.165) is 25.9 Å². The van der Waals surface area contributed by atoms with Crippen LogP contribution in [0.2, 0.25) is 0 Å². The van der Waals surface area contributed by atoms with E-state index in [0.29, 0.717) is 33.6 Å². The number of aliphatic hydroxyl groups is 1.